The number of nitrogens with one attached hydrogen (secondary N) is 1. The molecule has 0 saturated carbocycles. The molecule has 15 heavy (non-hydrogen) atoms. The summed E-state index contributed by atoms with van der Waals surface area (Å²) in [6, 6.07) is 0. The molecule has 0 aliphatic carbocycles. The van der Waals surface area contributed by atoms with Crippen molar-refractivity contribution in [3.8, 4) is 0 Å². The fourth-order valence-electron chi connectivity index (χ4n) is 1.78. The Morgan fingerprint density at radius 2 is 2.53 bits per heavy atom. The van der Waals surface area contributed by atoms with Crippen LogP contribution in [0.5, 0.6) is 0 Å². The van der Waals surface area contributed by atoms with Crippen molar-refractivity contribution in [2.24, 2.45) is 5.92 Å². The molecule has 0 radical (unpaired) electrons. The van der Waals surface area contributed by atoms with E-state index in [2.05, 4.69) is 20.0 Å². The van der Waals surface area contributed by atoms with Crippen LogP contribution in [0, 0.1) is 5.92 Å². The van der Waals surface area contributed by atoms with Gasteiger partial charge in [-0.05, 0) is 31.8 Å². The smallest absolute Gasteiger partial charge is 0.394 e. The van der Waals surface area contributed by atoms with Gasteiger partial charge >= 0.3 is 11.9 Å². The summed E-state index contributed by atoms with van der Waals surface area (Å²) in [6.45, 7) is 2.00. The number of carbonyl (C=O) groups is 1. The fourth-order valence-corrected chi connectivity index (χ4v) is 1.78. The minimum absolute atomic E-state index is 0.325. The molecule has 1 fully saturated rings. The van der Waals surface area contributed by atoms with Crippen LogP contribution in [0.4, 0.5) is 0 Å². The molecule has 1 atom stereocenters. The topological polar surface area (TPSA) is 88.2 Å². The van der Waals surface area contributed by atoms with Crippen molar-refractivity contribution in [1.82, 2.24) is 15.5 Å². The SMILES string of the molecule is O=C(O)c1nc(CC2CCCNC2)no1. The van der Waals surface area contributed by atoms with E-state index in [1.807, 2.05) is 0 Å². The van der Waals surface area contributed by atoms with Gasteiger partial charge in [0, 0.05) is 6.42 Å². The zero-order valence-corrected chi connectivity index (χ0v) is 8.27. The number of piperidine rings is 1. The predicted octanol–water partition coefficient (Wildman–Crippen LogP) is 0.310. The summed E-state index contributed by atoms with van der Waals surface area (Å²) in [7, 11) is 0. The van der Waals surface area contributed by atoms with E-state index in [-0.39, 0.29) is 5.89 Å². The average molecular weight is 211 g/mol. The van der Waals surface area contributed by atoms with Gasteiger partial charge < -0.3 is 14.9 Å². The first kappa shape index (κ1) is 10.1. The van der Waals surface area contributed by atoms with Crippen molar-refractivity contribution >= 4 is 5.97 Å². The highest BCUT2D eigenvalue weighted by atomic mass is 16.5. The molecular weight excluding hydrogens is 198 g/mol. The summed E-state index contributed by atoms with van der Waals surface area (Å²) in [5, 5.41) is 15.5. The maximum atomic E-state index is 10.5. The van der Waals surface area contributed by atoms with Crippen molar-refractivity contribution in [3.05, 3.63) is 11.7 Å². The maximum absolute atomic E-state index is 10.5. The highest BCUT2D eigenvalue weighted by molar-refractivity contribution is 5.81. The van der Waals surface area contributed by atoms with Gasteiger partial charge in [0.2, 0.25) is 0 Å². The number of aromatic nitrogens is 2. The average Bonchev–Trinajstić information content (AvgIpc) is 2.68. The molecule has 1 aromatic rings. The molecule has 1 unspecified atom stereocenters. The van der Waals surface area contributed by atoms with Crippen molar-refractivity contribution in [1.29, 1.82) is 0 Å². The molecule has 1 saturated heterocycles. The van der Waals surface area contributed by atoms with E-state index < -0.39 is 5.97 Å². The van der Waals surface area contributed by atoms with E-state index in [4.69, 9.17) is 5.11 Å². The highest BCUT2D eigenvalue weighted by Crippen LogP contribution is 2.14. The molecule has 1 aliphatic heterocycles. The zero-order valence-electron chi connectivity index (χ0n) is 8.27. The lowest BCUT2D eigenvalue weighted by Crippen LogP contribution is -2.31. The standard InChI is InChI=1S/C9H13N3O3/c13-9(14)8-11-7(12-15-8)4-6-2-1-3-10-5-6/h6,10H,1-5H2,(H,13,14). The third-order valence-corrected chi connectivity index (χ3v) is 2.52. The van der Waals surface area contributed by atoms with Gasteiger partial charge in [0.05, 0.1) is 0 Å². The first-order chi connectivity index (χ1) is 7.25. The molecule has 6 nitrogen and oxygen atoms in total. The molecule has 6 heteroatoms. The molecule has 1 aliphatic rings. The molecule has 0 aromatic carbocycles. The Bertz CT molecular complexity index is 344. The number of carboxylic acid groups (broad SMARTS) is 1. The third-order valence-electron chi connectivity index (χ3n) is 2.52. The van der Waals surface area contributed by atoms with Crippen LogP contribution in [-0.4, -0.2) is 34.3 Å². The molecular formula is C9H13N3O3. The summed E-state index contributed by atoms with van der Waals surface area (Å²) in [5.74, 6) is -0.525. The lowest BCUT2D eigenvalue weighted by atomic mass is 9.96. The van der Waals surface area contributed by atoms with E-state index in [9.17, 15) is 4.79 Å². The maximum Gasteiger partial charge on any atom is 0.394 e. The zero-order chi connectivity index (χ0) is 10.7. The summed E-state index contributed by atoms with van der Waals surface area (Å²) in [5.41, 5.74) is 0. The summed E-state index contributed by atoms with van der Waals surface area (Å²) in [6.07, 6.45) is 2.96. The van der Waals surface area contributed by atoms with Gasteiger partial charge in [0.25, 0.3) is 0 Å². The van der Waals surface area contributed by atoms with Crippen LogP contribution in [0.2, 0.25) is 0 Å². The Labute approximate surface area is 86.7 Å². The summed E-state index contributed by atoms with van der Waals surface area (Å²) >= 11 is 0. The number of hydrogen-bond donors (Lipinski definition) is 2. The van der Waals surface area contributed by atoms with Crippen LogP contribution in [0.15, 0.2) is 4.52 Å². The van der Waals surface area contributed by atoms with Crippen LogP contribution in [0.1, 0.15) is 29.4 Å². The van der Waals surface area contributed by atoms with Gasteiger partial charge in [-0.1, -0.05) is 5.16 Å². The monoisotopic (exact) mass is 211 g/mol. The van der Waals surface area contributed by atoms with Crippen LogP contribution in [0.3, 0.4) is 0 Å². The normalized spacial score (nSPS) is 21.5. The van der Waals surface area contributed by atoms with Crippen molar-refractivity contribution < 1.29 is 14.4 Å². The number of aromatic carboxylic acids is 1. The van der Waals surface area contributed by atoms with E-state index in [0.717, 1.165) is 25.9 Å². The predicted molar refractivity (Wildman–Crippen MR) is 50.6 cm³/mol. The van der Waals surface area contributed by atoms with E-state index in [1.165, 1.54) is 0 Å². The first-order valence-electron chi connectivity index (χ1n) is 5.02. The number of rotatable bonds is 3. The largest absolute Gasteiger partial charge is 0.474 e. The quantitative estimate of drug-likeness (QED) is 0.748. The van der Waals surface area contributed by atoms with Gasteiger partial charge in [-0.15, -0.1) is 0 Å². The van der Waals surface area contributed by atoms with Gasteiger partial charge in [-0.2, -0.15) is 4.98 Å². The number of nitrogens with zero attached hydrogens (tertiary/aromatic N) is 2. The van der Waals surface area contributed by atoms with Gasteiger partial charge in [0.1, 0.15) is 0 Å². The Morgan fingerprint density at radius 3 is 3.13 bits per heavy atom. The molecule has 2 N–H and O–H groups in total. The van der Waals surface area contributed by atoms with E-state index in [0.29, 0.717) is 18.2 Å². The second kappa shape index (κ2) is 4.39. The number of carboxylic acids is 1. The highest BCUT2D eigenvalue weighted by Gasteiger charge is 2.18. The van der Waals surface area contributed by atoms with Crippen LogP contribution in [-0.2, 0) is 6.42 Å². The lowest BCUT2D eigenvalue weighted by Gasteiger charge is -2.20. The Morgan fingerprint density at radius 1 is 1.67 bits per heavy atom. The van der Waals surface area contributed by atoms with Gasteiger partial charge in [0.15, 0.2) is 5.82 Å². The second-order valence-corrected chi connectivity index (χ2v) is 3.74. The first-order valence-corrected chi connectivity index (χ1v) is 5.02. The Hall–Kier alpha value is -1.43. The van der Waals surface area contributed by atoms with Crippen molar-refractivity contribution in [3.63, 3.8) is 0 Å². The van der Waals surface area contributed by atoms with Crippen molar-refractivity contribution in [2.75, 3.05) is 13.1 Å². The Kier molecular flexibility index (Phi) is 2.96. The summed E-state index contributed by atoms with van der Waals surface area (Å²) in [4.78, 5) is 14.3. The molecule has 0 bridgehead atoms. The Balaban J connectivity index is 1.94. The van der Waals surface area contributed by atoms with Crippen LogP contribution >= 0.6 is 0 Å². The number of hydrogen-bond acceptors (Lipinski definition) is 5. The minimum Gasteiger partial charge on any atom is -0.474 e. The van der Waals surface area contributed by atoms with E-state index >= 15 is 0 Å². The van der Waals surface area contributed by atoms with E-state index in [1.54, 1.807) is 0 Å². The second-order valence-electron chi connectivity index (χ2n) is 3.74. The fraction of sp³-hybridized carbons (Fsp3) is 0.667. The summed E-state index contributed by atoms with van der Waals surface area (Å²) < 4.78 is 4.59. The lowest BCUT2D eigenvalue weighted by molar-refractivity contribution is 0.0643. The molecule has 2 rings (SSSR count). The van der Waals surface area contributed by atoms with Gasteiger partial charge in [-0.25, -0.2) is 4.79 Å². The van der Waals surface area contributed by atoms with Crippen LogP contribution < -0.4 is 5.32 Å². The van der Waals surface area contributed by atoms with Gasteiger partial charge in [-0.3, -0.25) is 0 Å². The third kappa shape index (κ3) is 2.53. The molecule has 2 heterocycles. The van der Waals surface area contributed by atoms with Crippen LogP contribution in [0.25, 0.3) is 0 Å². The molecule has 0 amide bonds. The van der Waals surface area contributed by atoms with Crippen molar-refractivity contribution in [2.45, 2.75) is 19.3 Å². The molecule has 1 aromatic heterocycles. The minimum atomic E-state index is -1.17. The molecule has 82 valence electrons. The molecule has 0 spiro atoms.